The molecule has 0 N–H and O–H groups in total. The van der Waals surface area contributed by atoms with Crippen molar-refractivity contribution in [3.8, 4) is 0 Å². The third kappa shape index (κ3) is 2.48. The van der Waals surface area contributed by atoms with Gasteiger partial charge in [0.1, 0.15) is 5.69 Å². The molecule has 2 heterocycles. The number of ketones is 1. The van der Waals surface area contributed by atoms with Crippen molar-refractivity contribution in [2.75, 3.05) is 0 Å². The molecule has 1 aromatic carbocycles. The van der Waals surface area contributed by atoms with Crippen LogP contribution in [0.3, 0.4) is 0 Å². The summed E-state index contributed by atoms with van der Waals surface area (Å²) in [6.07, 6.45) is -4.70. The highest BCUT2D eigenvalue weighted by molar-refractivity contribution is 7.17. The van der Waals surface area contributed by atoms with Gasteiger partial charge in [-0.15, -0.1) is 11.3 Å². The van der Waals surface area contributed by atoms with Crippen molar-refractivity contribution in [2.24, 2.45) is 0 Å². The van der Waals surface area contributed by atoms with Gasteiger partial charge >= 0.3 is 6.18 Å². The zero-order chi connectivity index (χ0) is 15.9. The van der Waals surface area contributed by atoms with E-state index in [1.165, 1.54) is 6.07 Å². The highest BCUT2D eigenvalue weighted by Crippen LogP contribution is 2.31. The number of fused-ring (bicyclic) bond motifs is 1. The molecule has 7 heteroatoms. The summed E-state index contributed by atoms with van der Waals surface area (Å²) < 4.78 is 39.1. The Morgan fingerprint density at radius 3 is 2.55 bits per heavy atom. The van der Waals surface area contributed by atoms with Gasteiger partial charge in [0.25, 0.3) is 0 Å². The van der Waals surface area contributed by atoms with E-state index in [9.17, 15) is 18.0 Å². The molecule has 0 aliphatic carbocycles. The molecular weight excluding hydrogens is 313 g/mol. The summed E-state index contributed by atoms with van der Waals surface area (Å²) in [6.45, 7) is 1.73. The molecule has 3 aromatic rings. The van der Waals surface area contributed by atoms with Gasteiger partial charge in [-0.3, -0.25) is 4.79 Å². The number of nitrogens with zero attached hydrogens (tertiary/aromatic N) is 2. The summed E-state index contributed by atoms with van der Waals surface area (Å²) in [6, 6.07) is 8.18. The second-order valence-electron chi connectivity index (χ2n) is 4.67. The molecule has 0 fully saturated rings. The van der Waals surface area contributed by atoms with E-state index in [0.717, 1.165) is 11.3 Å². The number of hydrogen-bond acceptors (Lipinski definition) is 4. The lowest BCUT2D eigenvalue weighted by Gasteiger charge is -2.09. The molecular formula is C15H9F3N2OS. The zero-order valence-electron chi connectivity index (χ0n) is 11.3. The summed E-state index contributed by atoms with van der Waals surface area (Å²) in [5, 5.41) is 1.59. The molecule has 0 amide bonds. The number of aromatic nitrogens is 2. The average molecular weight is 322 g/mol. The second kappa shape index (κ2) is 5.17. The van der Waals surface area contributed by atoms with E-state index in [-0.39, 0.29) is 11.2 Å². The van der Waals surface area contributed by atoms with Crippen molar-refractivity contribution < 1.29 is 18.0 Å². The number of thiophene rings is 1. The number of alkyl halides is 3. The first-order valence-electron chi connectivity index (χ1n) is 6.30. The number of halogens is 3. The van der Waals surface area contributed by atoms with Gasteiger partial charge in [0, 0.05) is 5.56 Å². The summed E-state index contributed by atoms with van der Waals surface area (Å²) in [4.78, 5) is 19.6. The van der Waals surface area contributed by atoms with Gasteiger partial charge < -0.3 is 0 Å². The van der Waals surface area contributed by atoms with Crippen LogP contribution in [0.4, 0.5) is 13.2 Å². The van der Waals surface area contributed by atoms with Gasteiger partial charge in [0.2, 0.25) is 11.6 Å². The van der Waals surface area contributed by atoms with E-state index < -0.39 is 17.8 Å². The average Bonchev–Trinajstić information content (AvgIpc) is 2.93. The maximum Gasteiger partial charge on any atom is 0.451 e. The summed E-state index contributed by atoms with van der Waals surface area (Å²) >= 11 is 1.15. The number of rotatable bonds is 2. The molecule has 112 valence electrons. The Balaban J connectivity index is 2.24. The van der Waals surface area contributed by atoms with Crippen molar-refractivity contribution in [3.63, 3.8) is 0 Å². The van der Waals surface area contributed by atoms with Gasteiger partial charge in [-0.2, -0.15) is 13.2 Å². The molecule has 22 heavy (non-hydrogen) atoms. The van der Waals surface area contributed by atoms with Crippen LogP contribution in [0.5, 0.6) is 0 Å². The minimum atomic E-state index is -4.70. The first-order valence-corrected chi connectivity index (χ1v) is 7.18. The molecule has 0 saturated heterocycles. The van der Waals surface area contributed by atoms with Crippen molar-refractivity contribution in [1.29, 1.82) is 0 Å². The largest absolute Gasteiger partial charge is 0.451 e. The van der Waals surface area contributed by atoms with E-state index in [2.05, 4.69) is 9.97 Å². The van der Waals surface area contributed by atoms with Gasteiger partial charge in [0.15, 0.2) is 0 Å². The Labute approximate surface area is 127 Å². The standard InChI is InChI=1S/C15H9F3N2OS/c1-8-4-2-3-5-9(8)12(21)11-13-10(6-7-22-13)19-14(20-11)15(16,17)18/h2-7H,1H3. The van der Waals surface area contributed by atoms with Crippen LogP contribution in [0.25, 0.3) is 10.2 Å². The third-order valence-electron chi connectivity index (χ3n) is 3.16. The quantitative estimate of drug-likeness (QED) is 0.662. The van der Waals surface area contributed by atoms with Gasteiger partial charge in [-0.1, -0.05) is 24.3 Å². The van der Waals surface area contributed by atoms with E-state index >= 15 is 0 Å². The normalized spacial score (nSPS) is 11.8. The van der Waals surface area contributed by atoms with Crippen LogP contribution in [0.2, 0.25) is 0 Å². The molecule has 0 bridgehead atoms. The fourth-order valence-electron chi connectivity index (χ4n) is 2.10. The Morgan fingerprint density at radius 2 is 1.86 bits per heavy atom. The molecule has 2 aromatic heterocycles. The number of benzene rings is 1. The number of hydrogen-bond donors (Lipinski definition) is 0. The van der Waals surface area contributed by atoms with Crippen LogP contribution in [0.15, 0.2) is 35.7 Å². The van der Waals surface area contributed by atoms with E-state index in [1.54, 1.807) is 36.6 Å². The van der Waals surface area contributed by atoms with Crippen LogP contribution in [0, 0.1) is 6.92 Å². The van der Waals surface area contributed by atoms with Crippen LogP contribution >= 0.6 is 11.3 Å². The Kier molecular flexibility index (Phi) is 3.44. The minimum Gasteiger partial charge on any atom is -0.287 e. The maximum atomic E-state index is 12.9. The smallest absolute Gasteiger partial charge is 0.287 e. The fraction of sp³-hybridized carbons (Fsp3) is 0.133. The Bertz CT molecular complexity index is 871. The predicted molar refractivity (Wildman–Crippen MR) is 77.0 cm³/mol. The van der Waals surface area contributed by atoms with Crippen LogP contribution in [-0.4, -0.2) is 15.8 Å². The molecule has 0 saturated carbocycles. The van der Waals surface area contributed by atoms with Gasteiger partial charge in [-0.25, -0.2) is 9.97 Å². The Morgan fingerprint density at radius 1 is 1.14 bits per heavy atom. The summed E-state index contributed by atoms with van der Waals surface area (Å²) in [5.74, 6) is -1.83. The van der Waals surface area contributed by atoms with Crippen molar-refractivity contribution in [1.82, 2.24) is 9.97 Å². The highest BCUT2D eigenvalue weighted by Gasteiger charge is 2.36. The van der Waals surface area contributed by atoms with E-state index in [1.807, 2.05) is 0 Å². The van der Waals surface area contributed by atoms with E-state index in [4.69, 9.17) is 0 Å². The van der Waals surface area contributed by atoms with Crippen LogP contribution in [0.1, 0.15) is 27.4 Å². The number of carbonyl (C=O) groups is 1. The lowest BCUT2D eigenvalue weighted by molar-refractivity contribution is -0.144. The molecule has 3 rings (SSSR count). The monoisotopic (exact) mass is 322 g/mol. The van der Waals surface area contributed by atoms with Crippen molar-refractivity contribution in [2.45, 2.75) is 13.1 Å². The summed E-state index contributed by atoms with van der Waals surface area (Å²) in [7, 11) is 0. The molecule has 0 spiro atoms. The SMILES string of the molecule is Cc1ccccc1C(=O)c1nc(C(F)(F)F)nc2ccsc12. The highest BCUT2D eigenvalue weighted by atomic mass is 32.1. The van der Waals surface area contributed by atoms with Crippen molar-refractivity contribution >= 4 is 27.3 Å². The van der Waals surface area contributed by atoms with Crippen molar-refractivity contribution in [3.05, 3.63) is 58.4 Å². The van der Waals surface area contributed by atoms with Gasteiger partial charge in [-0.05, 0) is 23.9 Å². The topological polar surface area (TPSA) is 42.9 Å². The zero-order valence-corrected chi connectivity index (χ0v) is 12.1. The maximum absolute atomic E-state index is 12.9. The number of carbonyl (C=O) groups excluding carboxylic acids is 1. The van der Waals surface area contributed by atoms with Crippen LogP contribution < -0.4 is 0 Å². The number of aryl methyl sites for hydroxylation is 1. The second-order valence-corrected chi connectivity index (χ2v) is 5.59. The molecule has 0 atom stereocenters. The third-order valence-corrected chi connectivity index (χ3v) is 4.07. The first kappa shape index (κ1) is 14.6. The molecule has 0 aliphatic heterocycles. The fourth-order valence-corrected chi connectivity index (χ4v) is 2.92. The first-order chi connectivity index (χ1) is 10.4. The minimum absolute atomic E-state index is 0.129. The molecule has 0 unspecified atom stereocenters. The lowest BCUT2D eigenvalue weighted by atomic mass is 10.0. The van der Waals surface area contributed by atoms with Gasteiger partial charge in [0.05, 0.1) is 10.2 Å². The molecule has 3 nitrogen and oxygen atoms in total. The molecule has 0 aliphatic rings. The Hall–Kier alpha value is -2.28. The predicted octanol–water partition coefficient (Wildman–Crippen LogP) is 4.25. The molecule has 0 radical (unpaired) electrons. The van der Waals surface area contributed by atoms with E-state index in [0.29, 0.717) is 15.8 Å². The van der Waals surface area contributed by atoms with Crippen LogP contribution in [-0.2, 0) is 6.18 Å². The lowest BCUT2D eigenvalue weighted by Crippen LogP contribution is -2.15. The summed E-state index contributed by atoms with van der Waals surface area (Å²) in [5.41, 5.74) is 0.944.